The Bertz CT molecular complexity index is 2590. The molecule has 14 heteroatoms. The molecule has 3 N–H and O–H groups in total. The van der Waals surface area contributed by atoms with Gasteiger partial charge in [-0.05, 0) is 73.5 Å². The Morgan fingerprint density at radius 1 is 0.727 bits per heavy atom. The van der Waals surface area contributed by atoms with Crippen molar-refractivity contribution in [3.63, 3.8) is 0 Å². The number of hydrogen-bond acceptors (Lipinski definition) is 14. The first-order chi connectivity index (χ1) is 21.3. The number of nitriles is 4. The highest BCUT2D eigenvalue weighted by Crippen LogP contribution is 2.28. The van der Waals surface area contributed by atoms with Crippen LogP contribution in [0.25, 0.3) is 23.3 Å². The van der Waals surface area contributed by atoms with Crippen LogP contribution < -0.4 is 23.9 Å². The van der Waals surface area contributed by atoms with Crippen LogP contribution in [0.1, 0.15) is 0 Å². The summed E-state index contributed by atoms with van der Waals surface area (Å²) >= 11 is 14.9. The van der Waals surface area contributed by atoms with Crippen LogP contribution in [0.15, 0.2) is 79.8 Å². The van der Waals surface area contributed by atoms with Gasteiger partial charge in [-0.15, -0.1) is 45.3 Å². The monoisotopic (exact) mass is 678 g/mol. The molecule has 0 radical (unpaired) electrons. The minimum absolute atomic E-state index is 0.0652. The van der Waals surface area contributed by atoms with Gasteiger partial charge in [-0.2, -0.15) is 25.4 Å². The molecule has 1 aliphatic carbocycles. The summed E-state index contributed by atoms with van der Waals surface area (Å²) in [6, 6.07) is 22.6. The highest BCUT2D eigenvalue weighted by atomic mass is 32.1. The number of thiophene rings is 4. The van der Waals surface area contributed by atoms with Crippen LogP contribution in [0.2, 0.25) is 0 Å². The molecule has 0 fully saturated rings. The fraction of sp³-hybridized carbons (Fsp3) is 0. The third-order valence-electron chi connectivity index (χ3n) is 6.22. The minimum Gasteiger partial charge on any atom is -0.396 e. The van der Waals surface area contributed by atoms with Crippen LogP contribution in [-0.4, -0.2) is 11.4 Å². The van der Waals surface area contributed by atoms with Crippen LogP contribution in [0, 0.1) is 68.9 Å². The zero-order valence-electron chi connectivity index (χ0n) is 22.0. The standard InChI is InChI=1S/C30H14N8S6/c31-11-15(12-32)21-5-7-25(43-21)23-3-1-17(41-23)9-19-27(35)30(38-40)20(28(36)29(19)37-39)10-18-2-4-24(42-18)26-8-6-22(44-26)16(13-33)14-34/h1-10,35,40H,36H2/b17-9+,18-10+,25-23+,26-24+,35-27?,38-30?. The van der Waals surface area contributed by atoms with Gasteiger partial charge in [0.2, 0.25) is 0 Å². The van der Waals surface area contributed by atoms with Crippen molar-refractivity contribution in [1.82, 2.24) is 0 Å². The molecule has 5 rings (SSSR count). The van der Waals surface area contributed by atoms with E-state index in [0.29, 0.717) is 20.2 Å². The van der Waals surface area contributed by atoms with Gasteiger partial charge in [-0.25, -0.2) is 4.40 Å². The van der Waals surface area contributed by atoms with E-state index in [4.69, 9.17) is 44.6 Å². The Morgan fingerprint density at radius 3 is 1.59 bits per heavy atom. The fourth-order valence-electron chi connectivity index (χ4n) is 4.16. The highest BCUT2D eigenvalue weighted by molar-refractivity contribution is 7.79. The van der Waals surface area contributed by atoms with E-state index in [0.717, 1.165) is 27.2 Å². The van der Waals surface area contributed by atoms with Crippen molar-refractivity contribution in [2.75, 3.05) is 0 Å². The van der Waals surface area contributed by atoms with Gasteiger partial charge >= 0.3 is 0 Å². The largest absolute Gasteiger partial charge is 0.396 e. The maximum Gasteiger partial charge on any atom is 0.146 e. The van der Waals surface area contributed by atoms with Gasteiger partial charge in [-0.3, -0.25) is 5.41 Å². The molecule has 1 aliphatic rings. The van der Waals surface area contributed by atoms with Crippen LogP contribution in [0.3, 0.4) is 0 Å². The summed E-state index contributed by atoms with van der Waals surface area (Å²) in [4.78, 5) is 0. The zero-order chi connectivity index (χ0) is 31.4. The van der Waals surface area contributed by atoms with E-state index in [2.05, 4.69) is 21.6 Å². The molecular weight excluding hydrogens is 665 g/mol. The number of allylic oxidation sites excluding steroid dienone is 2. The molecule has 0 saturated heterocycles. The molecule has 4 aromatic heterocycles. The lowest BCUT2D eigenvalue weighted by Gasteiger charge is -2.20. The SMILES string of the molecule is N#CC(C#N)=c1cc/c(=c2/cc/c(=C\C3=C(N)C(N=S)=C(/C=c4\cc/c(=c5/ccc(=C(C#N)C#N)s5)s4)C(=N)C3=NS)s2)s1. The minimum atomic E-state index is 0.0652. The Hall–Kier alpha value is -4.77. The number of hydrogen-bond donors (Lipinski definition) is 3. The quantitative estimate of drug-likeness (QED) is 0.221. The van der Waals surface area contributed by atoms with Gasteiger partial charge in [0.05, 0.1) is 20.5 Å². The maximum absolute atomic E-state index is 9.17. The predicted octanol–water partition coefficient (Wildman–Crippen LogP) is 3.68. The fourth-order valence-corrected chi connectivity index (χ4v) is 8.55. The first-order valence-corrected chi connectivity index (χ1v) is 16.2. The second-order valence-corrected chi connectivity index (χ2v) is 13.5. The maximum atomic E-state index is 9.17. The molecule has 0 amide bonds. The molecular formula is C30H14N8S6. The Balaban J connectivity index is 1.65. The average Bonchev–Trinajstić information content (AvgIpc) is 3.85. The normalized spacial score (nSPS) is 16.4. The molecule has 210 valence electrons. The average molecular weight is 679 g/mol. The number of nitrogens with one attached hydrogen (secondary N) is 1. The van der Waals surface area contributed by atoms with Crippen molar-refractivity contribution in [1.29, 1.82) is 26.5 Å². The van der Waals surface area contributed by atoms with E-state index < -0.39 is 0 Å². The second kappa shape index (κ2) is 13.3. The predicted molar refractivity (Wildman–Crippen MR) is 181 cm³/mol. The molecule has 0 bridgehead atoms. The summed E-state index contributed by atoms with van der Waals surface area (Å²) < 4.78 is 14.7. The summed E-state index contributed by atoms with van der Waals surface area (Å²) in [6.45, 7) is 0. The number of rotatable bonds is 3. The second-order valence-electron chi connectivity index (χ2n) is 8.72. The van der Waals surface area contributed by atoms with Crippen molar-refractivity contribution in [2.45, 2.75) is 0 Å². The summed E-state index contributed by atoms with van der Waals surface area (Å²) in [7, 11) is 0. The summed E-state index contributed by atoms with van der Waals surface area (Å²) in [5.41, 5.74) is 8.48. The number of nitrogens with zero attached hydrogens (tertiary/aromatic N) is 6. The lowest BCUT2D eigenvalue weighted by molar-refractivity contribution is 1.23. The summed E-state index contributed by atoms with van der Waals surface area (Å²) in [5.74, 6) is 0. The van der Waals surface area contributed by atoms with E-state index in [9.17, 15) is 0 Å². The summed E-state index contributed by atoms with van der Waals surface area (Å²) in [5, 5.41) is 45.6. The van der Waals surface area contributed by atoms with Crippen molar-refractivity contribution < 1.29 is 0 Å². The molecule has 0 aromatic carbocycles. The molecule has 0 aliphatic heterocycles. The molecule has 44 heavy (non-hydrogen) atoms. The summed E-state index contributed by atoms with van der Waals surface area (Å²) in [6.07, 6.45) is 3.60. The van der Waals surface area contributed by atoms with Gasteiger partial charge in [-0.1, -0.05) is 0 Å². The molecule has 0 atom stereocenters. The van der Waals surface area contributed by atoms with Crippen molar-refractivity contribution in [3.05, 3.63) is 107 Å². The molecule has 0 saturated carbocycles. The third kappa shape index (κ3) is 5.87. The highest BCUT2D eigenvalue weighted by Gasteiger charge is 2.27. The molecule has 4 heterocycles. The van der Waals surface area contributed by atoms with Gasteiger partial charge < -0.3 is 5.73 Å². The van der Waals surface area contributed by atoms with Gasteiger partial charge in [0, 0.05) is 50.8 Å². The number of thiol groups is 1. The van der Waals surface area contributed by atoms with Crippen LogP contribution in [0.5, 0.6) is 0 Å². The van der Waals surface area contributed by atoms with Gasteiger partial charge in [0.1, 0.15) is 46.8 Å². The van der Waals surface area contributed by atoms with Gasteiger partial charge in [0.15, 0.2) is 0 Å². The van der Waals surface area contributed by atoms with Crippen molar-refractivity contribution in [2.24, 2.45) is 14.5 Å². The van der Waals surface area contributed by atoms with E-state index >= 15 is 0 Å². The Labute approximate surface area is 276 Å². The molecule has 8 nitrogen and oxygen atoms in total. The first kappa shape index (κ1) is 30.7. The van der Waals surface area contributed by atoms with E-state index in [1.165, 1.54) is 45.3 Å². The van der Waals surface area contributed by atoms with Crippen molar-refractivity contribution in [3.8, 4) is 24.3 Å². The molecule has 4 aromatic rings. The van der Waals surface area contributed by atoms with Crippen LogP contribution in [0.4, 0.5) is 0 Å². The Morgan fingerprint density at radius 2 is 1.16 bits per heavy atom. The third-order valence-corrected chi connectivity index (χ3v) is 11.3. The van der Waals surface area contributed by atoms with E-state index in [1.807, 2.05) is 66.8 Å². The van der Waals surface area contributed by atoms with Crippen molar-refractivity contribution >= 4 is 105 Å². The topological polar surface area (TPSA) is 170 Å². The van der Waals surface area contributed by atoms with E-state index in [-0.39, 0.29) is 34.0 Å². The van der Waals surface area contributed by atoms with Gasteiger partial charge in [0.25, 0.3) is 0 Å². The molecule has 0 spiro atoms. The first-order valence-electron chi connectivity index (χ1n) is 12.2. The van der Waals surface area contributed by atoms with Crippen LogP contribution >= 0.6 is 58.2 Å². The number of nitrogens with two attached hydrogens (primary N) is 1. The lowest BCUT2D eigenvalue weighted by Crippen LogP contribution is -2.27. The lowest BCUT2D eigenvalue weighted by atomic mass is 9.89. The van der Waals surface area contributed by atoms with E-state index in [1.54, 1.807) is 18.2 Å². The Kier molecular flexibility index (Phi) is 9.24. The smallest absolute Gasteiger partial charge is 0.146 e. The van der Waals surface area contributed by atoms with Crippen LogP contribution in [-0.2, 0) is 12.4 Å². The zero-order valence-corrected chi connectivity index (χ0v) is 27.0. The molecule has 0 unspecified atom stereocenters.